The maximum atomic E-state index is 11.6. The maximum Gasteiger partial charge on any atom is 0.470 e. The van der Waals surface area contributed by atoms with Crippen LogP contribution in [0.15, 0.2) is 0 Å². The topological polar surface area (TPSA) is 401 Å². The Bertz CT molecular complexity index is 1030. The van der Waals surface area contributed by atoms with Crippen LogP contribution in [0.2, 0.25) is 0 Å². The van der Waals surface area contributed by atoms with Crippen molar-refractivity contribution in [2.45, 2.75) is 35.9 Å². The summed E-state index contributed by atoms with van der Waals surface area (Å²) in [7, 11) is -35.3. The molecule has 0 bridgehead atoms. The summed E-state index contributed by atoms with van der Waals surface area (Å²) in [5.74, 6) is 0. The Kier molecular flexibility index (Phi) is 11.5. The lowest BCUT2D eigenvalue weighted by molar-refractivity contribution is -0.214. The largest absolute Gasteiger partial charge is 0.470 e. The van der Waals surface area contributed by atoms with Crippen molar-refractivity contribution >= 4 is 56.2 Å². The Morgan fingerprint density at radius 3 is 0.892 bits per heavy atom. The van der Waals surface area contributed by atoms with Gasteiger partial charge in [-0.15, -0.1) is 0 Å². The Labute approximate surface area is 205 Å². The highest BCUT2D eigenvalue weighted by molar-refractivity contribution is 7.48. The monoisotopic (exact) mass is 692 g/mol. The number of phosphoric ester groups is 6. The zero-order valence-corrected chi connectivity index (χ0v) is 23.4. The van der Waals surface area contributed by atoms with Crippen molar-refractivity contribution in [3.8, 4) is 0 Å². The van der Waals surface area contributed by atoms with Gasteiger partial charge in [-0.2, -0.15) is 0 Å². The van der Waals surface area contributed by atoms with Crippen molar-refractivity contribution < 1.29 is 113 Å². The second-order valence-corrected chi connectivity index (χ2v) is 14.7. The molecule has 12 N–H and O–H groups in total. The van der Waals surface area contributed by atoms with E-state index in [0.29, 0.717) is 0 Å². The zero-order valence-electron chi connectivity index (χ0n) is 16.9. The number of phosphoric acid groups is 6. The van der Waals surface area contributed by atoms with Crippen molar-refractivity contribution in [2.24, 2.45) is 0 Å². The van der Waals surface area contributed by atoms with Crippen molar-refractivity contribution in [3.05, 3.63) is 0 Å². The van der Waals surface area contributed by atoms with Gasteiger partial charge in [0.1, 0.15) is 30.5 Å². The summed E-state index contributed by atoms with van der Waals surface area (Å²) in [6.07, 6.45) is -16.0. The van der Waals surface area contributed by atoms with Gasteiger partial charge in [-0.3, -0.25) is 27.1 Å². The van der Waals surface area contributed by atoms with E-state index in [0.717, 1.165) is 9.24 Å². The van der Waals surface area contributed by atoms with Gasteiger partial charge in [-0.25, -0.2) is 27.4 Å². The molecular weight excluding hydrogens is 673 g/mol. The molecule has 0 aliphatic heterocycles. The summed E-state index contributed by atoms with van der Waals surface area (Å²) in [6.45, 7) is 0. The van der Waals surface area contributed by atoms with Crippen LogP contribution in [0.1, 0.15) is 0 Å². The summed E-state index contributed by atoms with van der Waals surface area (Å²) < 4.78 is 94.3. The van der Waals surface area contributed by atoms with Crippen LogP contribution in [0.25, 0.3) is 0 Å². The molecule has 1 unspecified atom stereocenters. The van der Waals surface area contributed by atoms with Crippen LogP contribution in [0.4, 0.5) is 0 Å². The lowest BCUT2D eigenvalue weighted by Crippen LogP contribution is -2.70. The van der Waals surface area contributed by atoms with E-state index in [4.69, 9.17) is 0 Å². The second-order valence-electron chi connectivity index (χ2n) is 6.65. The molecule has 0 saturated heterocycles. The first kappa shape index (κ1) is 36.1. The summed E-state index contributed by atoms with van der Waals surface area (Å²) in [6, 6.07) is 0. The first-order valence-corrected chi connectivity index (χ1v) is 17.9. The molecule has 0 amide bonds. The molecule has 37 heavy (non-hydrogen) atoms. The van der Waals surface area contributed by atoms with E-state index in [1.165, 1.54) is 0 Å². The molecule has 0 aromatic rings. The van der Waals surface area contributed by atoms with E-state index in [-0.39, 0.29) is 0 Å². The summed E-state index contributed by atoms with van der Waals surface area (Å²) in [5.41, 5.74) is 0. The van der Waals surface area contributed by atoms with Crippen LogP contribution in [0.5, 0.6) is 0 Å². The molecule has 0 heterocycles. The maximum absolute atomic E-state index is 11.6. The molecule has 31 heteroatoms. The van der Waals surface area contributed by atoms with E-state index in [2.05, 4.69) is 27.1 Å². The molecular formula is C6H19O24P7. The van der Waals surface area contributed by atoms with Gasteiger partial charge in [0, 0.05) is 0 Å². The fourth-order valence-electron chi connectivity index (χ4n) is 2.92. The molecule has 24 nitrogen and oxygen atoms in total. The Morgan fingerprint density at radius 1 is 0.432 bits per heavy atom. The molecule has 222 valence electrons. The third-order valence-corrected chi connectivity index (χ3v) is 7.77. The van der Waals surface area contributed by atoms with E-state index < -0.39 is 82.8 Å². The quantitative estimate of drug-likeness (QED) is 0.0911. The van der Waals surface area contributed by atoms with Crippen LogP contribution >= 0.6 is 56.2 Å². The molecule has 1 rings (SSSR count). The molecule has 0 aromatic heterocycles. The summed E-state index contributed by atoms with van der Waals surface area (Å²) in [5, 5.41) is -3.70. The van der Waals surface area contributed by atoms with E-state index in [9.17, 15) is 86.1 Å². The average molecular weight is 692 g/mol. The number of hydrogen-bond donors (Lipinski definition) is 12. The van der Waals surface area contributed by atoms with Crippen LogP contribution in [-0.4, -0.2) is 94.6 Å². The Morgan fingerprint density at radius 2 is 0.676 bits per heavy atom. The van der Waals surface area contributed by atoms with Crippen molar-refractivity contribution in [3.63, 3.8) is 0 Å². The van der Waals surface area contributed by atoms with Crippen molar-refractivity contribution in [1.82, 2.24) is 0 Å². The molecule has 1 fully saturated rings. The van der Waals surface area contributed by atoms with Crippen LogP contribution < -0.4 is 0 Å². The molecule has 7 atom stereocenters. The SMILES string of the molecule is O=P(O)(O)O[C@@H]1[C@@H](OP(=O)(O)O)[C@H](OP(=O)(O)O)[C@@](P)(OP(=O)(O)O)[C@@H](OP(=O)(O)O)[C@H]1OP(=O)(O)O. The third-order valence-electron chi connectivity index (χ3n) is 3.69. The normalized spacial score (nSPS) is 30.9. The molecule has 1 saturated carbocycles. The van der Waals surface area contributed by atoms with Gasteiger partial charge >= 0.3 is 46.9 Å². The lowest BCUT2D eigenvalue weighted by Gasteiger charge is -2.53. The van der Waals surface area contributed by atoms with E-state index >= 15 is 0 Å². The first-order chi connectivity index (χ1) is 15.9. The summed E-state index contributed by atoms with van der Waals surface area (Å²) in [4.78, 5) is 111. The minimum Gasteiger partial charge on any atom is -0.303 e. The average Bonchev–Trinajstić information content (AvgIpc) is 2.52. The van der Waals surface area contributed by atoms with Gasteiger partial charge in [0.25, 0.3) is 0 Å². The van der Waals surface area contributed by atoms with E-state index in [1.54, 1.807) is 0 Å². The Balaban J connectivity index is 4.19. The van der Waals surface area contributed by atoms with Gasteiger partial charge in [0.2, 0.25) is 0 Å². The fraction of sp³-hybridized carbons (Fsp3) is 1.00. The van der Waals surface area contributed by atoms with Crippen molar-refractivity contribution in [1.29, 1.82) is 0 Å². The predicted molar refractivity (Wildman–Crippen MR) is 110 cm³/mol. The van der Waals surface area contributed by atoms with Crippen LogP contribution in [0, 0.1) is 0 Å². The highest BCUT2D eigenvalue weighted by Gasteiger charge is 2.68. The minimum atomic E-state index is -6.10. The second kappa shape index (κ2) is 11.8. The minimum absolute atomic E-state index is 1.10. The Hall–Kier alpha value is 1.09. The highest BCUT2D eigenvalue weighted by Crippen LogP contribution is 2.62. The van der Waals surface area contributed by atoms with Crippen LogP contribution in [-0.2, 0) is 54.5 Å². The zero-order chi connectivity index (χ0) is 29.6. The smallest absolute Gasteiger partial charge is 0.303 e. The molecule has 1 aliphatic rings. The number of hydrogen-bond acceptors (Lipinski definition) is 12. The molecule has 0 spiro atoms. The van der Waals surface area contributed by atoms with Crippen molar-refractivity contribution in [2.75, 3.05) is 0 Å². The third kappa shape index (κ3) is 12.6. The van der Waals surface area contributed by atoms with Gasteiger partial charge in [0.15, 0.2) is 5.34 Å². The highest BCUT2D eigenvalue weighted by atomic mass is 31.2. The van der Waals surface area contributed by atoms with Crippen LogP contribution in [0.3, 0.4) is 0 Å². The van der Waals surface area contributed by atoms with Gasteiger partial charge in [-0.05, 0) is 0 Å². The lowest BCUT2D eigenvalue weighted by atomic mass is 9.84. The number of rotatable bonds is 12. The van der Waals surface area contributed by atoms with E-state index in [1.807, 2.05) is 0 Å². The first-order valence-electron chi connectivity index (χ1n) is 8.17. The standard InChI is InChI=1S/C6H19O24P7/c7-32(8,9)25-1-2(26-33(10,11)12)4(28-35(16,17)18)6(31,30-37(22,23)24)5(29-36(19,20)21)3(1)27-34(13,14)15/h1-5H,31H2,(H2,7,8,9)(H2,10,11,12)(H2,13,14,15)(H2,16,17,18)(H2,19,20,21)(H2,22,23,24)/t1-,2-,3+,4-,5-,6+/m0/s1. The van der Waals surface area contributed by atoms with Gasteiger partial charge < -0.3 is 58.7 Å². The fourth-order valence-corrected chi connectivity index (χ4v) is 7.51. The molecule has 0 aromatic carbocycles. The van der Waals surface area contributed by atoms with Gasteiger partial charge in [-0.1, -0.05) is 9.24 Å². The summed E-state index contributed by atoms with van der Waals surface area (Å²) >= 11 is 0. The predicted octanol–water partition coefficient (Wildman–Crippen LogP) is -2.93. The molecule has 1 aliphatic carbocycles. The van der Waals surface area contributed by atoms with Gasteiger partial charge in [0.05, 0.1) is 0 Å². The molecule has 0 radical (unpaired) electrons.